The van der Waals surface area contributed by atoms with Crippen LogP contribution in [0.5, 0.6) is 0 Å². The van der Waals surface area contributed by atoms with Crippen molar-refractivity contribution in [3.05, 3.63) is 35.1 Å². The van der Waals surface area contributed by atoms with Crippen LogP contribution in [0.3, 0.4) is 0 Å². The summed E-state index contributed by atoms with van der Waals surface area (Å²) in [5, 5.41) is 22.0. The highest BCUT2D eigenvalue weighted by Gasteiger charge is 2.30. The van der Waals surface area contributed by atoms with Gasteiger partial charge in [-0.15, -0.1) is 0 Å². The number of rotatable bonds is 4. The van der Waals surface area contributed by atoms with E-state index >= 15 is 0 Å². The summed E-state index contributed by atoms with van der Waals surface area (Å²) in [6.45, 7) is 0.505. The lowest BCUT2D eigenvalue weighted by Gasteiger charge is -2.36. The van der Waals surface area contributed by atoms with Gasteiger partial charge in [-0.3, -0.25) is 0 Å². The fraction of sp³-hybridized carbons (Fsp3) is 0.533. The van der Waals surface area contributed by atoms with Gasteiger partial charge in [-0.05, 0) is 36.6 Å². The van der Waals surface area contributed by atoms with E-state index in [1.54, 1.807) is 0 Å². The Kier molecular flexibility index (Phi) is 4.52. The second-order valence-corrected chi connectivity index (χ2v) is 5.27. The molecule has 19 heavy (non-hydrogen) atoms. The Balaban J connectivity index is 2.09. The van der Waals surface area contributed by atoms with Gasteiger partial charge in [0.1, 0.15) is 5.82 Å². The van der Waals surface area contributed by atoms with Crippen molar-refractivity contribution in [2.24, 2.45) is 0 Å². The second kappa shape index (κ2) is 6.14. The topological polar surface area (TPSA) is 56.0 Å². The number of aliphatic hydroxyl groups is 1. The average molecular weight is 262 g/mol. The molecule has 102 valence electrons. The van der Waals surface area contributed by atoms with E-state index in [-0.39, 0.29) is 18.0 Å². The summed E-state index contributed by atoms with van der Waals surface area (Å²) in [6, 6.07) is 6.26. The number of aliphatic hydroxyl groups excluding tert-OH is 1. The third-order valence-corrected chi connectivity index (χ3v) is 3.95. The van der Waals surface area contributed by atoms with Crippen molar-refractivity contribution in [2.45, 2.75) is 44.2 Å². The average Bonchev–Trinajstić information content (AvgIpc) is 2.46. The zero-order valence-corrected chi connectivity index (χ0v) is 11.0. The van der Waals surface area contributed by atoms with Gasteiger partial charge in [0.05, 0.1) is 18.2 Å². The summed E-state index contributed by atoms with van der Waals surface area (Å²) in [4.78, 5) is 0. The van der Waals surface area contributed by atoms with E-state index in [4.69, 9.17) is 5.26 Å². The Bertz CT molecular complexity index is 476. The molecule has 1 aromatic rings. The van der Waals surface area contributed by atoms with E-state index in [2.05, 4.69) is 11.4 Å². The molecule has 0 atom stereocenters. The number of hydrogen-bond donors (Lipinski definition) is 2. The molecular formula is C15H19FN2O. The molecule has 0 amide bonds. The highest BCUT2D eigenvalue weighted by molar-refractivity contribution is 5.37. The van der Waals surface area contributed by atoms with Crippen molar-refractivity contribution in [1.29, 1.82) is 5.26 Å². The Morgan fingerprint density at radius 2 is 2.05 bits per heavy atom. The SMILES string of the molecule is N#Cc1ccc(F)cc1CNC1(CO)CCCCC1. The lowest BCUT2D eigenvalue weighted by molar-refractivity contribution is 0.119. The minimum atomic E-state index is -0.336. The summed E-state index contributed by atoms with van der Waals surface area (Å²) in [7, 11) is 0. The van der Waals surface area contributed by atoms with Gasteiger partial charge < -0.3 is 10.4 Å². The Labute approximate surface area is 113 Å². The quantitative estimate of drug-likeness (QED) is 0.876. The van der Waals surface area contributed by atoms with Crippen molar-refractivity contribution in [2.75, 3.05) is 6.61 Å². The standard InChI is InChI=1S/C15H19FN2O/c16-14-5-4-12(9-17)13(8-14)10-18-15(11-19)6-2-1-3-7-15/h4-5,8,18-19H,1-3,6-7,10-11H2. The first kappa shape index (κ1) is 14.0. The van der Waals surface area contributed by atoms with E-state index in [1.807, 2.05) is 0 Å². The van der Waals surface area contributed by atoms with E-state index in [0.717, 1.165) is 25.7 Å². The van der Waals surface area contributed by atoms with Crippen LogP contribution in [0, 0.1) is 17.1 Å². The van der Waals surface area contributed by atoms with Crippen molar-refractivity contribution < 1.29 is 9.50 Å². The molecule has 0 unspecified atom stereocenters. The molecule has 0 spiro atoms. The minimum Gasteiger partial charge on any atom is -0.394 e. The van der Waals surface area contributed by atoms with Crippen molar-refractivity contribution in [3.8, 4) is 6.07 Å². The van der Waals surface area contributed by atoms with Gasteiger partial charge in [0.25, 0.3) is 0 Å². The maximum atomic E-state index is 13.2. The van der Waals surface area contributed by atoms with Gasteiger partial charge >= 0.3 is 0 Å². The van der Waals surface area contributed by atoms with E-state index < -0.39 is 0 Å². The lowest BCUT2D eigenvalue weighted by atomic mass is 9.82. The van der Waals surface area contributed by atoms with Crippen LogP contribution in [0.1, 0.15) is 43.2 Å². The monoisotopic (exact) mass is 262 g/mol. The van der Waals surface area contributed by atoms with Crippen LogP contribution in [0.2, 0.25) is 0 Å². The smallest absolute Gasteiger partial charge is 0.123 e. The fourth-order valence-corrected chi connectivity index (χ4v) is 2.72. The fourth-order valence-electron chi connectivity index (χ4n) is 2.72. The van der Waals surface area contributed by atoms with Crippen molar-refractivity contribution in [1.82, 2.24) is 5.32 Å². The molecular weight excluding hydrogens is 243 g/mol. The number of nitrogens with one attached hydrogen (secondary N) is 1. The predicted molar refractivity (Wildman–Crippen MR) is 70.9 cm³/mol. The van der Waals surface area contributed by atoms with Gasteiger partial charge in [0, 0.05) is 12.1 Å². The Morgan fingerprint density at radius 3 is 2.68 bits per heavy atom. The summed E-state index contributed by atoms with van der Waals surface area (Å²) >= 11 is 0. The number of hydrogen-bond acceptors (Lipinski definition) is 3. The molecule has 1 fully saturated rings. The zero-order valence-electron chi connectivity index (χ0n) is 11.0. The Hall–Kier alpha value is -1.44. The van der Waals surface area contributed by atoms with Crippen LogP contribution in [0.4, 0.5) is 4.39 Å². The maximum Gasteiger partial charge on any atom is 0.123 e. The molecule has 0 aliphatic heterocycles. The number of nitriles is 1. The van der Waals surface area contributed by atoms with Crippen molar-refractivity contribution in [3.63, 3.8) is 0 Å². The molecule has 0 heterocycles. The number of nitrogens with zero attached hydrogens (tertiary/aromatic N) is 1. The summed E-state index contributed by atoms with van der Waals surface area (Å²) in [5.74, 6) is -0.336. The van der Waals surface area contributed by atoms with Gasteiger partial charge in [-0.1, -0.05) is 19.3 Å². The predicted octanol–water partition coefficient (Wildman–Crippen LogP) is 2.48. The van der Waals surface area contributed by atoms with Crippen LogP contribution >= 0.6 is 0 Å². The van der Waals surface area contributed by atoms with E-state index in [1.165, 1.54) is 24.6 Å². The summed E-state index contributed by atoms with van der Waals surface area (Å²) in [5.41, 5.74) is 0.871. The normalized spacial score (nSPS) is 17.9. The van der Waals surface area contributed by atoms with Gasteiger partial charge in [-0.25, -0.2) is 4.39 Å². The van der Waals surface area contributed by atoms with Gasteiger partial charge in [0.15, 0.2) is 0 Å². The maximum absolute atomic E-state index is 13.2. The number of halogens is 1. The molecule has 4 heteroatoms. The molecule has 2 rings (SSSR count). The first-order chi connectivity index (χ1) is 9.19. The van der Waals surface area contributed by atoms with Crippen LogP contribution in [0.15, 0.2) is 18.2 Å². The zero-order chi connectivity index (χ0) is 13.7. The first-order valence-corrected chi connectivity index (χ1v) is 6.73. The van der Waals surface area contributed by atoms with E-state index in [9.17, 15) is 9.50 Å². The molecule has 1 saturated carbocycles. The minimum absolute atomic E-state index is 0.0875. The second-order valence-electron chi connectivity index (χ2n) is 5.27. The first-order valence-electron chi connectivity index (χ1n) is 6.73. The highest BCUT2D eigenvalue weighted by atomic mass is 19.1. The van der Waals surface area contributed by atoms with Crippen LogP contribution in [-0.4, -0.2) is 17.3 Å². The lowest BCUT2D eigenvalue weighted by Crippen LogP contribution is -2.49. The van der Waals surface area contributed by atoms with E-state index in [0.29, 0.717) is 17.7 Å². The third-order valence-electron chi connectivity index (χ3n) is 3.95. The molecule has 1 aromatic carbocycles. The molecule has 2 N–H and O–H groups in total. The summed E-state index contributed by atoms with van der Waals surface area (Å²) in [6.07, 6.45) is 5.26. The number of benzene rings is 1. The molecule has 0 saturated heterocycles. The molecule has 0 bridgehead atoms. The highest BCUT2D eigenvalue weighted by Crippen LogP contribution is 2.28. The molecule has 3 nitrogen and oxygen atoms in total. The van der Waals surface area contributed by atoms with Crippen molar-refractivity contribution >= 4 is 0 Å². The van der Waals surface area contributed by atoms with Crippen LogP contribution in [0.25, 0.3) is 0 Å². The van der Waals surface area contributed by atoms with Crippen LogP contribution in [-0.2, 0) is 6.54 Å². The van der Waals surface area contributed by atoms with Crippen LogP contribution < -0.4 is 5.32 Å². The molecule has 0 radical (unpaired) electrons. The molecule has 1 aliphatic carbocycles. The summed E-state index contributed by atoms with van der Waals surface area (Å²) < 4.78 is 13.2. The van der Waals surface area contributed by atoms with Gasteiger partial charge in [0.2, 0.25) is 0 Å². The Morgan fingerprint density at radius 1 is 1.32 bits per heavy atom. The largest absolute Gasteiger partial charge is 0.394 e. The van der Waals surface area contributed by atoms with Gasteiger partial charge in [-0.2, -0.15) is 5.26 Å². The third kappa shape index (κ3) is 3.31. The molecule has 1 aliphatic rings. The molecule has 0 aromatic heterocycles.